The molecule has 0 aromatic heterocycles. The molecule has 0 bridgehead atoms. The molecule has 0 aliphatic rings. The van der Waals surface area contributed by atoms with Gasteiger partial charge in [-0.25, -0.2) is 18.6 Å². The summed E-state index contributed by atoms with van der Waals surface area (Å²) in [5.74, 6) is 3.37. The number of rotatable bonds is 3. The van der Waals surface area contributed by atoms with Gasteiger partial charge in [-0.15, -0.1) is 0 Å². The van der Waals surface area contributed by atoms with E-state index in [1.807, 2.05) is 0 Å². The quantitative estimate of drug-likeness (QED) is 0.671. The first kappa shape index (κ1) is 13.9. The lowest BCUT2D eigenvalue weighted by molar-refractivity contribution is 0.564. The van der Waals surface area contributed by atoms with Crippen molar-refractivity contribution < 1.29 is 13.2 Å². The first-order valence-electron chi connectivity index (χ1n) is 5.38. The molecule has 0 spiro atoms. The van der Waals surface area contributed by atoms with E-state index in [0.29, 0.717) is 5.56 Å². The Bertz CT molecular complexity index is 584. The van der Waals surface area contributed by atoms with Crippen molar-refractivity contribution in [1.29, 1.82) is 0 Å². The maximum absolute atomic E-state index is 13.2. The predicted molar refractivity (Wildman–Crippen MR) is 66.9 cm³/mol. The van der Waals surface area contributed by atoms with Crippen LogP contribution < -0.4 is 11.3 Å². The number of hydrogen-bond acceptors (Lipinski definition) is 2. The minimum Gasteiger partial charge on any atom is -0.271 e. The second-order valence-corrected chi connectivity index (χ2v) is 4.38. The lowest BCUT2D eigenvalue weighted by Crippen LogP contribution is -2.29. The van der Waals surface area contributed by atoms with Crippen LogP contribution in [0.3, 0.4) is 0 Å². The molecule has 0 saturated carbocycles. The van der Waals surface area contributed by atoms with Gasteiger partial charge in [0, 0.05) is 11.1 Å². The molecule has 19 heavy (non-hydrogen) atoms. The third kappa shape index (κ3) is 3.07. The van der Waals surface area contributed by atoms with E-state index in [2.05, 4.69) is 5.43 Å². The predicted octanol–water partition coefficient (Wildman–Crippen LogP) is 3.31. The van der Waals surface area contributed by atoms with Crippen LogP contribution in [0, 0.1) is 17.5 Å². The number of hydrogen-bond donors (Lipinski definition) is 2. The van der Waals surface area contributed by atoms with E-state index in [4.69, 9.17) is 17.4 Å². The fraction of sp³-hybridized carbons (Fsp3) is 0.0769. The number of halogens is 4. The Morgan fingerprint density at radius 2 is 1.58 bits per heavy atom. The van der Waals surface area contributed by atoms with Crippen molar-refractivity contribution >= 4 is 11.6 Å². The summed E-state index contributed by atoms with van der Waals surface area (Å²) < 4.78 is 39.7. The fourth-order valence-corrected chi connectivity index (χ4v) is 2.07. The van der Waals surface area contributed by atoms with Gasteiger partial charge < -0.3 is 0 Å². The smallest absolute Gasteiger partial charge is 0.126 e. The van der Waals surface area contributed by atoms with Crippen molar-refractivity contribution in [3.63, 3.8) is 0 Å². The van der Waals surface area contributed by atoms with E-state index < -0.39 is 23.5 Å². The number of nitrogens with two attached hydrogens (primary N) is 1. The first-order chi connectivity index (χ1) is 9.01. The highest BCUT2D eigenvalue weighted by Crippen LogP contribution is 2.29. The zero-order valence-corrected chi connectivity index (χ0v) is 10.4. The fourth-order valence-electron chi connectivity index (χ4n) is 1.84. The zero-order valence-electron chi connectivity index (χ0n) is 9.63. The molecule has 2 rings (SSSR count). The maximum atomic E-state index is 13.2. The summed E-state index contributed by atoms with van der Waals surface area (Å²) in [5, 5.41) is 0.244. The number of hydrazine groups is 1. The van der Waals surface area contributed by atoms with E-state index in [-0.39, 0.29) is 10.6 Å². The van der Waals surface area contributed by atoms with Gasteiger partial charge in [0.05, 0.1) is 6.04 Å². The van der Waals surface area contributed by atoms with Gasteiger partial charge in [-0.2, -0.15) is 0 Å². The highest BCUT2D eigenvalue weighted by molar-refractivity contribution is 6.31. The third-order valence-corrected chi connectivity index (χ3v) is 3.00. The van der Waals surface area contributed by atoms with Crippen LogP contribution in [0.4, 0.5) is 13.2 Å². The molecule has 2 aromatic carbocycles. The minimum absolute atomic E-state index is 0.215. The molecule has 1 atom stereocenters. The molecular weight excluding hydrogens is 277 g/mol. The van der Waals surface area contributed by atoms with E-state index >= 15 is 0 Å². The van der Waals surface area contributed by atoms with E-state index in [1.165, 1.54) is 12.1 Å². The molecular formula is C13H10ClF3N2. The lowest BCUT2D eigenvalue weighted by atomic mass is 9.99. The monoisotopic (exact) mass is 286 g/mol. The number of benzene rings is 2. The average molecular weight is 287 g/mol. The SMILES string of the molecule is NNC(c1cc(F)cc(F)c1)c1cc(F)ccc1Cl. The molecule has 6 heteroatoms. The van der Waals surface area contributed by atoms with Crippen molar-refractivity contribution in [3.8, 4) is 0 Å². The maximum Gasteiger partial charge on any atom is 0.126 e. The summed E-state index contributed by atoms with van der Waals surface area (Å²) in [6.07, 6.45) is 0. The summed E-state index contributed by atoms with van der Waals surface area (Å²) in [4.78, 5) is 0. The van der Waals surface area contributed by atoms with Gasteiger partial charge in [-0.05, 0) is 41.5 Å². The van der Waals surface area contributed by atoms with Crippen molar-refractivity contribution in [2.75, 3.05) is 0 Å². The Morgan fingerprint density at radius 3 is 2.16 bits per heavy atom. The van der Waals surface area contributed by atoms with Crippen molar-refractivity contribution in [2.24, 2.45) is 5.84 Å². The van der Waals surface area contributed by atoms with Crippen molar-refractivity contribution in [2.45, 2.75) is 6.04 Å². The van der Waals surface area contributed by atoms with Crippen LogP contribution in [0.2, 0.25) is 5.02 Å². The lowest BCUT2D eigenvalue weighted by Gasteiger charge is -2.18. The van der Waals surface area contributed by atoms with Gasteiger partial charge in [-0.3, -0.25) is 5.84 Å². The molecule has 2 aromatic rings. The molecule has 0 radical (unpaired) electrons. The highest BCUT2D eigenvalue weighted by Gasteiger charge is 2.18. The average Bonchev–Trinajstić information content (AvgIpc) is 2.33. The van der Waals surface area contributed by atoms with Gasteiger partial charge >= 0.3 is 0 Å². The zero-order chi connectivity index (χ0) is 14.0. The summed E-state index contributed by atoms with van der Waals surface area (Å²) in [6, 6.07) is 5.84. The van der Waals surface area contributed by atoms with E-state index in [9.17, 15) is 13.2 Å². The topological polar surface area (TPSA) is 38.0 Å². The van der Waals surface area contributed by atoms with Gasteiger partial charge in [0.2, 0.25) is 0 Å². The van der Waals surface area contributed by atoms with Crippen molar-refractivity contribution in [1.82, 2.24) is 5.43 Å². The Hall–Kier alpha value is -1.56. The Morgan fingerprint density at radius 1 is 0.947 bits per heavy atom. The standard InChI is InChI=1S/C13H10ClF3N2/c14-12-2-1-8(15)6-11(12)13(19-18)7-3-9(16)5-10(17)4-7/h1-6,13,19H,18H2. The molecule has 0 aliphatic carbocycles. The summed E-state index contributed by atoms with van der Waals surface area (Å²) in [5.41, 5.74) is 2.89. The van der Waals surface area contributed by atoms with Gasteiger partial charge in [0.25, 0.3) is 0 Å². The highest BCUT2D eigenvalue weighted by atomic mass is 35.5. The van der Waals surface area contributed by atoms with Crippen molar-refractivity contribution in [3.05, 3.63) is 70.0 Å². The summed E-state index contributed by atoms with van der Waals surface area (Å²) in [6.45, 7) is 0. The largest absolute Gasteiger partial charge is 0.271 e. The Balaban J connectivity index is 2.52. The van der Waals surface area contributed by atoms with Gasteiger partial charge in [0.15, 0.2) is 0 Å². The Kier molecular flexibility index (Phi) is 4.09. The third-order valence-electron chi connectivity index (χ3n) is 2.65. The molecule has 0 aliphatic heterocycles. The second-order valence-electron chi connectivity index (χ2n) is 3.97. The van der Waals surface area contributed by atoms with Crippen LogP contribution in [0.15, 0.2) is 36.4 Å². The van der Waals surface area contributed by atoms with E-state index in [0.717, 1.165) is 24.3 Å². The first-order valence-corrected chi connectivity index (χ1v) is 5.76. The van der Waals surface area contributed by atoms with Crippen LogP contribution in [0.5, 0.6) is 0 Å². The molecule has 1 unspecified atom stereocenters. The number of nitrogens with one attached hydrogen (secondary N) is 1. The Labute approximate surface area is 113 Å². The van der Waals surface area contributed by atoms with Gasteiger partial charge in [-0.1, -0.05) is 11.6 Å². The molecule has 0 saturated heterocycles. The van der Waals surface area contributed by atoms with Gasteiger partial charge in [0.1, 0.15) is 17.5 Å². The van der Waals surface area contributed by atoms with Crippen LogP contribution in [0.1, 0.15) is 17.2 Å². The van der Waals surface area contributed by atoms with Crippen LogP contribution >= 0.6 is 11.6 Å². The summed E-state index contributed by atoms with van der Waals surface area (Å²) in [7, 11) is 0. The molecule has 0 amide bonds. The minimum atomic E-state index is -0.812. The molecule has 0 fully saturated rings. The molecule has 100 valence electrons. The van der Waals surface area contributed by atoms with Crippen LogP contribution in [-0.2, 0) is 0 Å². The normalized spacial score (nSPS) is 12.5. The molecule has 2 nitrogen and oxygen atoms in total. The van der Waals surface area contributed by atoms with E-state index in [1.54, 1.807) is 0 Å². The molecule has 0 heterocycles. The van der Waals surface area contributed by atoms with Crippen LogP contribution in [0.25, 0.3) is 0 Å². The molecule has 3 N–H and O–H groups in total. The summed E-state index contributed by atoms with van der Waals surface area (Å²) >= 11 is 5.95. The second kappa shape index (κ2) is 5.61. The van der Waals surface area contributed by atoms with Crippen LogP contribution in [-0.4, -0.2) is 0 Å².